The summed E-state index contributed by atoms with van der Waals surface area (Å²) in [5.74, 6) is -0.446. The summed E-state index contributed by atoms with van der Waals surface area (Å²) in [6, 6.07) is 2.95. The summed E-state index contributed by atoms with van der Waals surface area (Å²) in [5.41, 5.74) is 0.230. The van der Waals surface area contributed by atoms with E-state index in [0.717, 1.165) is 32.0 Å². The second-order valence-electron chi connectivity index (χ2n) is 7.67. The third kappa shape index (κ3) is 6.44. The standard InChI is InChI=1S/C21H24ClFN2O3/c22-16-7-5-15(18(23)11-16)6-8-20(27)25-19(10-14-3-4-14)21(28)24-17(12-26)9-13-1-2-13/h5-8,11-14,17,19H,1-4,9-10H2,(H,24,28)(H,25,27)/b8-6+/t17?,19-/m0/s1. The van der Waals surface area contributed by atoms with Crippen molar-refractivity contribution < 1.29 is 18.8 Å². The molecule has 0 bridgehead atoms. The Morgan fingerprint density at radius 2 is 1.82 bits per heavy atom. The summed E-state index contributed by atoms with van der Waals surface area (Å²) in [6.45, 7) is 0. The van der Waals surface area contributed by atoms with Crippen molar-refractivity contribution >= 4 is 35.8 Å². The van der Waals surface area contributed by atoms with E-state index in [9.17, 15) is 18.8 Å². The number of benzene rings is 1. The molecule has 3 rings (SSSR count). The number of carbonyl (C=O) groups excluding carboxylic acids is 3. The van der Waals surface area contributed by atoms with Crippen molar-refractivity contribution in [2.45, 2.75) is 50.6 Å². The zero-order chi connectivity index (χ0) is 20.1. The molecule has 0 saturated heterocycles. The van der Waals surface area contributed by atoms with E-state index >= 15 is 0 Å². The highest BCUT2D eigenvalue weighted by Crippen LogP contribution is 2.34. The van der Waals surface area contributed by atoms with Gasteiger partial charge in [-0.25, -0.2) is 4.39 Å². The molecular weight excluding hydrogens is 383 g/mol. The summed E-state index contributed by atoms with van der Waals surface area (Å²) in [4.78, 5) is 36.1. The Hall–Kier alpha value is -2.21. The summed E-state index contributed by atoms with van der Waals surface area (Å²) >= 11 is 5.71. The van der Waals surface area contributed by atoms with Crippen LogP contribution >= 0.6 is 11.6 Å². The highest BCUT2D eigenvalue weighted by Gasteiger charge is 2.32. The van der Waals surface area contributed by atoms with Gasteiger partial charge in [0.15, 0.2) is 0 Å². The Morgan fingerprint density at radius 1 is 1.14 bits per heavy atom. The van der Waals surface area contributed by atoms with E-state index in [2.05, 4.69) is 10.6 Å². The van der Waals surface area contributed by atoms with Gasteiger partial charge in [-0.3, -0.25) is 9.59 Å². The number of rotatable bonds is 10. The number of nitrogens with one attached hydrogen (secondary N) is 2. The fourth-order valence-corrected chi connectivity index (χ4v) is 3.24. The van der Waals surface area contributed by atoms with Crippen LogP contribution in [0.15, 0.2) is 24.3 Å². The monoisotopic (exact) mass is 406 g/mol. The van der Waals surface area contributed by atoms with E-state index in [1.54, 1.807) is 0 Å². The molecule has 0 radical (unpaired) electrons. The molecule has 2 N–H and O–H groups in total. The van der Waals surface area contributed by atoms with Crippen LogP contribution in [0, 0.1) is 17.7 Å². The summed E-state index contributed by atoms with van der Waals surface area (Å²) in [6.07, 6.45) is 8.73. The Kier molecular flexibility index (Phi) is 6.83. The van der Waals surface area contributed by atoms with Crippen LogP contribution in [-0.2, 0) is 14.4 Å². The molecule has 5 nitrogen and oxygen atoms in total. The molecule has 1 unspecified atom stereocenters. The maximum absolute atomic E-state index is 13.8. The van der Waals surface area contributed by atoms with E-state index in [4.69, 9.17) is 11.6 Å². The van der Waals surface area contributed by atoms with Crippen molar-refractivity contribution in [1.82, 2.24) is 10.6 Å². The van der Waals surface area contributed by atoms with Gasteiger partial charge >= 0.3 is 0 Å². The Bertz CT molecular complexity index is 775. The number of halogens is 2. The minimum Gasteiger partial charge on any atom is -0.345 e. The third-order valence-corrected chi connectivity index (χ3v) is 5.29. The predicted molar refractivity (Wildman–Crippen MR) is 105 cm³/mol. The summed E-state index contributed by atoms with van der Waals surface area (Å²) < 4.78 is 13.8. The molecule has 2 atom stereocenters. The highest BCUT2D eigenvalue weighted by molar-refractivity contribution is 6.30. The lowest BCUT2D eigenvalue weighted by Gasteiger charge is -2.20. The van der Waals surface area contributed by atoms with Gasteiger partial charge in [0.05, 0.1) is 6.04 Å². The number of hydrogen-bond acceptors (Lipinski definition) is 3. The van der Waals surface area contributed by atoms with Crippen LogP contribution < -0.4 is 10.6 Å². The molecule has 1 aromatic rings. The molecule has 1 aromatic carbocycles. The smallest absolute Gasteiger partial charge is 0.244 e. The molecule has 2 saturated carbocycles. The zero-order valence-corrected chi connectivity index (χ0v) is 16.3. The Morgan fingerprint density at radius 3 is 2.43 bits per heavy atom. The van der Waals surface area contributed by atoms with Crippen molar-refractivity contribution in [2.75, 3.05) is 0 Å². The maximum atomic E-state index is 13.8. The largest absolute Gasteiger partial charge is 0.345 e. The first-order valence-corrected chi connectivity index (χ1v) is 10.0. The first-order valence-electron chi connectivity index (χ1n) is 9.64. The molecule has 2 amide bonds. The predicted octanol–water partition coefficient (Wildman–Crippen LogP) is 3.26. The van der Waals surface area contributed by atoms with E-state index in [0.29, 0.717) is 24.7 Å². The quantitative estimate of drug-likeness (QED) is 0.462. The molecule has 2 fully saturated rings. The topological polar surface area (TPSA) is 75.3 Å². The third-order valence-electron chi connectivity index (χ3n) is 5.05. The first-order chi connectivity index (χ1) is 13.4. The van der Waals surface area contributed by atoms with Gasteiger partial charge in [0.25, 0.3) is 0 Å². The lowest BCUT2D eigenvalue weighted by molar-refractivity contribution is -0.129. The second-order valence-corrected chi connectivity index (χ2v) is 8.11. The van der Waals surface area contributed by atoms with Gasteiger partial charge in [-0.1, -0.05) is 43.4 Å². The molecule has 2 aliphatic rings. The molecule has 28 heavy (non-hydrogen) atoms. The van der Waals surface area contributed by atoms with Gasteiger partial charge in [-0.15, -0.1) is 0 Å². The number of amides is 2. The van der Waals surface area contributed by atoms with Gasteiger partial charge in [-0.05, 0) is 42.9 Å². The lowest BCUT2D eigenvalue weighted by atomic mass is 10.1. The average molecular weight is 407 g/mol. The summed E-state index contributed by atoms with van der Waals surface area (Å²) in [7, 11) is 0. The van der Waals surface area contributed by atoms with Gasteiger partial charge in [0.1, 0.15) is 18.1 Å². The van der Waals surface area contributed by atoms with E-state index < -0.39 is 23.8 Å². The van der Waals surface area contributed by atoms with Crippen LogP contribution in [0.25, 0.3) is 6.08 Å². The Balaban J connectivity index is 1.58. The zero-order valence-electron chi connectivity index (χ0n) is 15.5. The minimum absolute atomic E-state index is 0.230. The number of aldehydes is 1. The molecule has 0 heterocycles. The molecule has 0 aromatic heterocycles. The van der Waals surface area contributed by atoms with Gasteiger partial charge in [-0.2, -0.15) is 0 Å². The van der Waals surface area contributed by atoms with Crippen LogP contribution in [0.4, 0.5) is 4.39 Å². The van der Waals surface area contributed by atoms with Gasteiger partial charge in [0.2, 0.25) is 11.8 Å². The maximum Gasteiger partial charge on any atom is 0.244 e. The normalized spacial score (nSPS) is 18.5. The molecule has 0 spiro atoms. The van der Waals surface area contributed by atoms with Crippen molar-refractivity contribution in [2.24, 2.45) is 11.8 Å². The molecule has 2 aliphatic carbocycles. The van der Waals surface area contributed by atoms with Crippen LogP contribution in [0.2, 0.25) is 5.02 Å². The minimum atomic E-state index is -0.707. The van der Waals surface area contributed by atoms with Crippen LogP contribution in [0.5, 0.6) is 0 Å². The van der Waals surface area contributed by atoms with Crippen molar-refractivity contribution in [3.8, 4) is 0 Å². The molecule has 150 valence electrons. The first kappa shape index (κ1) is 20.5. The SMILES string of the molecule is O=CC(CC1CC1)NC(=O)[C@H](CC1CC1)NC(=O)/C=C/c1ccc(Cl)cc1F. The van der Waals surface area contributed by atoms with E-state index in [1.807, 2.05) is 0 Å². The van der Waals surface area contributed by atoms with Gasteiger partial charge in [0, 0.05) is 16.7 Å². The van der Waals surface area contributed by atoms with Crippen LogP contribution in [0.1, 0.15) is 44.1 Å². The molecule has 7 heteroatoms. The average Bonchev–Trinajstić information content (AvgIpc) is 3.56. The van der Waals surface area contributed by atoms with Crippen molar-refractivity contribution in [3.05, 3.63) is 40.7 Å². The number of carbonyl (C=O) groups is 3. The molecule has 0 aliphatic heterocycles. The van der Waals surface area contributed by atoms with Gasteiger partial charge < -0.3 is 15.4 Å². The van der Waals surface area contributed by atoms with Crippen LogP contribution in [0.3, 0.4) is 0 Å². The fraction of sp³-hybridized carbons (Fsp3) is 0.476. The Labute approximate surface area is 168 Å². The van der Waals surface area contributed by atoms with Crippen LogP contribution in [-0.4, -0.2) is 30.2 Å². The molecular formula is C21H24ClFN2O3. The number of hydrogen-bond donors (Lipinski definition) is 2. The van der Waals surface area contributed by atoms with Crippen molar-refractivity contribution in [1.29, 1.82) is 0 Å². The van der Waals surface area contributed by atoms with E-state index in [-0.39, 0.29) is 16.5 Å². The summed E-state index contributed by atoms with van der Waals surface area (Å²) in [5, 5.41) is 5.70. The van der Waals surface area contributed by atoms with Crippen molar-refractivity contribution in [3.63, 3.8) is 0 Å². The van der Waals surface area contributed by atoms with E-state index in [1.165, 1.54) is 30.4 Å². The fourth-order valence-electron chi connectivity index (χ4n) is 3.08. The lowest BCUT2D eigenvalue weighted by Crippen LogP contribution is -2.50. The second kappa shape index (κ2) is 9.32. The highest BCUT2D eigenvalue weighted by atomic mass is 35.5.